The molecule has 1 aliphatic heterocycles. The topological polar surface area (TPSA) is 79.5 Å². The Balaban J connectivity index is 2.36. The maximum atomic E-state index is 11.5. The number of amides is 3. The smallest absolute Gasteiger partial charge is 0.321 e. The van der Waals surface area contributed by atoms with Gasteiger partial charge in [-0.2, -0.15) is 0 Å². The molecule has 1 saturated heterocycles. The van der Waals surface area contributed by atoms with E-state index in [0.29, 0.717) is 6.61 Å². The predicted octanol–water partition coefficient (Wildman–Crippen LogP) is -0.402. The van der Waals surface area contributed by atoms with Crippen molar-refractivity contribution in [2.24, 2.45) is 0 Å². The molecule has 1 heterocycles. The van der Waals surface area contributed by atoms with Gasteiger partial charge in [0.25, 0.3) is 0 Å². The quantitative estimate of drug-likeness (QED) is 0.615. The zero-order valence-electron chi connectivity index (χ0n) is 9.87. The molecule has 3 atom stereocenters. The molecule has 0 aromatic carbocycles. The lowest BCUT2D eigenvalue weighted by atomic mass is 10.1. The fraction of sp³-hybridized carbons (Fsp3) is 0.800. The van der Waals surface area contributed by atoms with E-state index in [-0.39, 0.29) is 18.1 Å². The first-order chi connectivity index (χ1) is 7.54. The van der Waals surface area contributed by atoms with Gasteiger partial charge in [0.2, 0.25) is 5.91 Å². The van der Waals surface area contributed by atoms with Crippen molar-refractivity contribution in [1.29, 1.82) is 0 Å². The molecule has 3 unspecified atom stereocenters. The van der Waals surface area contributed by atoms with Gasteiger partial charge >= 0.3 is 6.03 Å². The minimum Gasteiger partial charge on any atom is -0.377 e. The highest BCUT2D eigenvalue weighted by atomic mass is 16.5. The SMILES string of the molecule is CNC(=O)NC(=O)C(C)NC1CCOC1C. The van der Waals surface area contributed by atoms with Crippen LogP contribution in [0.3, 0.4) is 0 Å². The Morgan fingerprint density at radius 3 is 2.62 bits per heavy atom. The van der Waals surface area contributed by atoms with Crippen molar-refractivity contribution < 1.29 is 14.3 Å². The van der Waals surface area contributed by atoms with Gasteiger partial charge in [0, 0.05) is 19.7 Å². The molecule has 0 aromatic heterocycles. The van der Waals surface area contributed by atoms with Gasteiger partial charge in [0.05, 0.1) is 12.1 Å². The maximum Gasteiger partial charge on any atom is 0.321 e. The van der Waals surface area contributed by atoms with Crippen LogP contribution < -0.4 is 16.0 Å². The Kier molecular flexibility index (Phi) is 4.70. The number of carbonyl (C=O) groups is 2. The van der Waals surface area contributed by atoms with Crippen molar-refractivity contribution in [2.45, 2.75) is 38.5 Å². The van der Waals surface area contributed by atoms with E-state index in [1.54, 1.807) is 6.92 Å². The molecular weight excluding hydrogens is 210 g/mol. The van der Waals surface area contributed by atoms with Crippen LogP contribution in [0.1, 0.15) is 20.3 Å². The summed E-state index contributed by atoms with van der Waals surface area (Å²) in [4.78, 5) is 22.5. The van der Waals surface area contributed by atoms with E-state index < -0.39 is 12.1 Å². The van der Waals surface area contributed by atoms with Crippen LogP contribution in [0.5, 0.6) is 0 Å². The lowest BCUT2D eigenvalue weighted by Crippen LogP contribution is -2.51. The van der Waals surface area contributed by atoms with Crippen molar-refractivity contribution >= 4 is 11.9 Å². The normalized spacial score (nSPS) is 26.2. The summed E-state index contributed by atoms with van der Waals surface area (Å²) in [5.41, 5.74) is 0. The third-order valence-corrected chi connectivity index (χ3v) is 2.70. The van der Waals surface area contributed by atoms with Gasteiger partial charge in [-0.25, -0.2) is 4.79 Å². The van der Waals surface area contributed by atoms with E-state index >= 15 is 0 Å². The molecule has 0 bridgehead atoms. The second-order valence-corrected chi connectivity index (χ2v) is 3.93. The highest BCUT2D eigenvalue weighted by molar-refractivity contribution is 5.96. The molecule has 0 radical (unpaired) electrons. The molecule has 92 valence electrons. The van der Waals surface area contributed by atoms with Gasteiger partial charge in [-0.3, -0.25) is 10.1 Å². The van der Waals surface area contributed by atoms with Crippen molar-refractivity contribution in [3.63, 3.8) is 0 Å². The number of hydrogen-bond acceptors (Lipinski definition) is 4. The van der Waals surface area contributed by atoms with Crippen LogP contribution in [0.2, 0.25) is 0 Å². The monoisotopic (exact) mass is 229 g/mol. The van der Waals surface area contributed by atoms with E-state index in [4.69, 9.17) is 4.74 Å². The molecule has 0 spiro atoms. The van der Waals surface area contributed by atoms with Crippen molar-refractivity contribution in [1.82, 2.24) is 16.0 Å². The number of rotatable bonds is 3. The van der Waals surface area contributed by atoms with Gasteiger partial charge in [-0.05, 0) is 20.3 Å². The summed E-state index contributed by atoms with van der Waals surface area (Å²) < 4.78 is 5.37. The second-order valence-electron chi connectivity index (χ2n) is 3.93. The highest BCUT2D eigenvalue weighted by Crippen LogP contribution is 2.13. The zero-order chi connectivity index (χ0) is 12.1. The Bertz CT molecular complexity index is 270. The minimum atomic E-state index is -0.491. The lowest BCUT2D eigenvalue weighted by Gasteiger charge is -2.20. The van der Waals surface area contributed by atoms with Crippen LogP contribution in [0.25, 0.3) is 0 Å². The zero-order valence-corrected chi connectivity index (χ0v) is 9.87. The van der Waals surface area contributed by atoms with Crippen LogP contribution in [-0.4, -0.2) is 43.8 Å². The molecule has 0 saturated carbocycles. The summed E-state index contributed by atoms with van der Waals surface area (Å²) in [7, 11) is 1.47. The van der Waals surface area contributed by atoms with E-state index in [9.17, 15) is 9.59 Å². The van der Waals surface area contributed by atoms with Crippen LogP contribution in [0.15, 0.2) is 0 Å². The molecule has 1 aliphatic rings. The molecular formula is C10H19N3O3. The van der Waals surface area contributed by atoms with Gasteiger partial charge < -0.3 is 15.4 Å². The Hall–Kier alpha value is -1.14. The molecule has 0 aromatic rings. The van der Waals surface area contributed by atoms with Crippen LogP contribution in [0, 0.1) is 0 Å². The summed E-state index contributed by atoms with van der Waals surface area (Å²) in [6.07, 6.45) is 0.994. The number of imide groups is 1. The van der Waals surface area contributed by atoms with E-state index in [2.05, 4.69) is 16.0 Å². The molecule has 1 fully saturated rings. The first-order valence-electron chi connectivity index (χ1n) is 5.44. The molecule has 1 rings (SSSR count). The first kappa shape index (κ1) is 12.9. The number of ether oxygens (including phenoxy) is 1. The summed E-state index contributed by atoms with van der Waals surface area (Å²) in [5, 5.41) is 7.70. The van der Waals surface area contributed by atoms with E-state index in [1.807, 2.05) is 6.92 Å². The Morgan fingerprint density at radius 1 is 1.44 bits per heavy atom. The predicted molar refractivity (Wildman–Crippen MR) is 59.0 cm³/mol. The van der Waals surface area contributed by atoms with E-state index in [0.717, 1.165) is 6.42 Å². The van der Waals surface area contributed by atoms with Gasteiger partial charge in [-0.15, -0.1) is 0 Å². The summed E-state index contributed by atoms with van der Waals surface area (Å²) in [6.45, 7) is 4.40. The van der Waals surface area contributed by atoms with Gasteiger partial charge in [0.15, 0.2) is 0 Å². The van der Waals surface area contributed by atoms with Crippen LogP contribution in [0.4, 0.5) is 4.79 Å². The minimum absolute atomic E-state index is 0.107. The van der Waals surface area contributed by atoms with Crippen molar-refractivity contribution in [2.75, 3.05) is 13.7 Å². The average molecular weight is 229 g/mol. The number of hydrogen-bond donors (Lipinski definition) is 3. The fourth-order valence-corrected chi connectivity index (χ4v) is 1.63. The lowest BCUT2D eigenvalue weighted by molar-refractivity contribution is -0.121. The van der Waals surface area contributed by atoms with Crippen molar-refractivity contribution in [3.05, 3.63) is 0 Å². The fourth-order valence-electron chi connectivity index (χ4n) is 1.63. The van der Waals surface area contributed by atoms with Gasteiger partial charge in [0.1, 0.15) is 0 Å². The average Bonchev–Trinajstić information content (AvgIpc) is 2.64. The number of nitrogens with one attached hydrogen (secondary N) is 3. The van der Waals surface area contributed by atoms with Crippen molar-refractivity contribution in [3.8, 4) is 0 Å². The Labute approximate surface area is 95.1 Å². The third kappa shape index (κ3) is 3.46. The van der Waals surface area contributed by atoms with Crippen LogP contribution >= 0.6 is 0 Å². The first-order valence-corrected chi connectivity index (χ1v) is 5.44. The Morgan fingerprint density at radius 2 is 2.12 bits per heavy atom. The maximum absolute atomic E-state index is 11.5. The molecule has 0 aliphatic carbocycles. The third-order valence-electron chi connectivity index (χ3n) is 2.70. The molecule has 6 nitrogen and oxygen atoms in total. The molecule has 6 heteroatoms. The van der Waals surface area contributed by atoms with E-state index in [1.165, 1.54) is 7.05 Å². The number of carbonyl (C=O) groups excluding carboxylic acids is 2. The highest BCUT2D eigenvalue weighted by Gasteiger charge is 2.27. The molecule has 16 heavy (non-hydrogen) atoms. The van der Waals surface area contributed by atoms with Crippen LogP contribution in [-0.2, 0) is 9.53 Å². The summed E-state index contributed by atoms with van der Waals surface area (Å²) >= 11 is 0. The molecule has 3 N–H and O–H groups in total. The standard InChI is InChI=1S/C10H19N3O3/c1-6(9(14)13-10(15)11-3)12-8-4-5-16-7(8)2/h6-8,12H,4-5H2,1-3H3,(H2,11,13,14,15). The summed E-state index contributed by atoms with van der Waals surface area (Å²) in [6, 6.07) is -0.730. The van der Waals surface area contributed by atoms with Gasteiger partial charge in [-0.1, -0.05) is 0 Å². The largest absolute Gasteiger partial charge is 0.377 e. The molecule has 3 amide bonds. The number of urea groups is 1. The second kappa shape index (κ2) is 5.81. The summed E-state index contributed by atoms with van der Waals surface area (Å²) in [5.74, 6) is -0.335.